The number of hydrogen-bond donors (Lipinski definition) is 0. The molecule has 0 rings (SSSR count). The van der Waals surface area contributed by atoms with Crippen molar-refractivity contribution in [3.63, 3.8) is 0 Å². The number of unbranched alkanes of at least 4 members (excludes halogenated alkanes) is 1. The van der Waals surface area contributed by atoms with Gasteiger partial charge in [-0.25, -0.2) is 0 Å². The first kappa shape index (κ1) is 20.9. The van der Waals surface area contributed by atoms with E-state index in [0.29, 0.717) is 32.7 Å². The van der Waals surface area contributed by atoms with Gasteiger partial charge >= 0.3 is 11.9 Å². The number of ether oxygens (including phenoxy) is 3. The fourth-order valence-corrected chi connectivity index (χ4v) is 2.10. The van der Waals surface area contributed by atoms with Gasteiger partial charge in [0.15, 0.2) is 0 Å². The summed E-state index contributed by atoms with van der Waals surface area (Å²) < 4.78 is 15.6. The Morgan fingerprint density at radius 1 is 1.05 bits per heavy atom. The minimum Gasteiger partial charge on any atom is -0.465 e. The molecule has 0 spiro atoms. The number of esters is 2. The van der Waals surface area contributed by atoms with Crippen LogP contribution in [0.2, 0.25) is 0 Å². The van der Waals surface area contributed by atoms with Crippen molar-refractivity contribution in [1.82, 2.24) is 0 Å². The molecule has 130 valence electrons. The summed E-state index contributed by atoms with van der Waals surface area (Å²) in [5.74, 6) is -0.834. The third kappa shape index (κ3) is 7.78. The van der Waals surface area contributed by atoms with Gasteiger partial charge in [-0.15, -0.1) is 0 Å². The van der Waals surface area contributed by atoms with E-state index in [1.807, 2.05) is 27.7 Å². The van der Waals surface area contributed by atoms with Crippen LogP contribution in [0.1, 0.15) is 60.3 Å². The van der Waals surface area contributed by atoms with E-state index in [4.69, 9.17) is 14.2 Å². The van der Waals surface area contributed by atoms with Crippen molar-refractivity contribution >= 4 is 11.9 Å². The fraction of sp³-hybridized carbons (Fsp3) is 0.882. The number of rotatable bonds is 12. The lowest BCUT2D eigenvalue weighted by Gasteiger charge is -2.28. The quantitative estimate of drug-likeness (QED) is 0.408. The van der Waals surface area contributed by atoms with Gasteiger partial charge in [0.1, 0.15) is 6.61 Å². The lowest BCUT2D eigenvalue weighted by Crippen LogP contribution is -2.34. The van der Waals surface area contributed by atoms with Crippen molar-refractivity contribution in [3.05, 3.63) is 0 Å². The minimum absolute atomic E-state index is 0.241. The highest BCUT2D eigenvalue weighted by Crippen LogP contribution is 2.32. The molecule has 0 aliphatic heterocycles. The maximum atomic E-state index is 12.2. The van der Waals surface area contributed by atoms with Gasteiger partial charge < -0.3 is 14.2 Å². The first-order valence-electron chi connectivity index (χ1n) is 8.32. The molecule has 0 N–H and O–H groups in total. The molecule has 2 atom stereocenters. The van der Waals surface area contributed by atoms with Crippen LogP contribution in [-0.4, -0.2) is 38.4 Å². The second kappa shape index (κ2) is 11.5. The molecule has 22 heavy (non-hydrogen) atoms. The first-order valence-corrected chi connectivity index (χ1v) is 8.32. The van der Waals surface area contributed by atoms with Crippen molar-refractivity contribution in [3.8, 4) is 0 Å². The van der Waals surface area contributed by atoms with Gasteiger partial charge in [-0.3, -0.25) is 9.59 Å². The highest BCUT2D eigenvalue weighted by atomic mass is 16.6. The molecule has 0 aromatic rings. The topological polar surface area (TPSA) is 61.8 Å². The van der Waals surface area contributed by atoms with Crippen molar-refractivity contribution in [2.45, 2.75) is 60.3 Å². The molecule has 0 saturated heterocycles. The van der Waals surface area contributed by atoms with Crippen LogP contribution in [0, 0.1) is 11.3 Å². The van der Waals surface area contributed by atoms with E-state index in [-0.39, 0.29) is 24.5 Å². The zero-order valence-corrected chi connectivity index (χ0v) is 14.8. The Balaban J connectivity index is 4.39. The molecule has 0 amide bonds. The van der Waals surface area contributed by atoms with Crippen LogP contribution in [-0.2, 0) is 23.8 Å². The second-order valence-electron chi connectivity index (χ2n) is 5.87. The van der Waals surface area contributed by atoms with E-state index in [0.717, 1.165) is 12.8 Å². The zero-order chi connectivity index (χ0) is 17.0. The van der Waals surface area contributed by atoms with Crippen LogP contribution in [0.5, 0.6) is 0 Å². The molecule has 0 heterocycles. The molecular weight excluding hydrogens is 284 g/mol. The molecule has 0 fully saturated rings. The van der Waals surface area contributed by atoms with E-state index in [1.165, 1.54) is 0 Å². The second-order valence-corrected chi connectivity index (χ2v) is 5.87. The lowest BCUT2D eigenvalue weighted by atomic mass is 9.79. The van der Waals surface area contributed by atoms with Crippen LogP contribution >= 0.6 is 0 Å². The van der Waals surface area contributed by atoms with Gasteiger partial charge in [-0.1, -0.05) is 27.2 Å². The van der Waals surface area contributed by atoms with E-state index >= 15 is 0 Å². The average Bonchev–Trinajstić information content (AvgIpc) is 2.51. The minimum atomic E-state index is -0.671. The van der Waals surface area contributed by atoms with Crippen molar-refractivity contribution in [1.29, 1.82) is 0 Å². The van der Waals surface area contributed by atoms with E-state index in [9.17, 15) is 9.59 Å². The Labute approximate surface area is 134 Å². The molecule has 0 aromatic heterocycles. The van der Waals surface area contributed by atoms with Gasteiger partial charge in [0.05, 0.1) is 24.5 Å². The van der Waals surface area contributed by atoms with Crippen molar-refractivity contribution < 1.29 is 23.8 Å². The highest BCUT2D eigenvalue weighted by Gasteiger charge is 2.36. The van der Waals surface area contributed by atoms with Crippen LogP contribution in [0.25, 0.3) is 0 Å². The maximum absolute atomic E-state index is 12.2. The third-order valence-corrected chi connectivity index (χ3v) is 3.84. The zero-order valence-electron chi connectivity index (χ0n) is 14.8. The van der Waals surface area contributed by atoms with Crippen molar-refractivity contribution in [2.24, 2.45) is 11.3 Å². The van der Waals surface area contributed by atoms with Crippen LogP contribution in [0.4, 0.5) is 0 Å². The van der Waals surface area contributed by atoms with Gasteiger partial charge in [0.25, 0.3) is 0 Å². The van der Waals surface area contributed by atoms with Crippen LogP contribution in [0.15, 0.2) is 0 Å². The van der Waals surface area contributed by atoms with Crippen molar-refractivity contribution in [2.75, 3.05) is 26.4 Å². The standard InChI is InChI=1S/C17H32O5/c1-6-9-10-21-15(18)14(4)13-17(5,7-2)16(19)22-12-11-20-8-3/h14H,6-13H2,1-5H3. The van der Waals surface area contributed by atoms with Crippen LogP contribution < -0.4 is 0 Å². The normalized spacial score (nSPS) is 15.0. The predicted molar refractivity (Wildman–Crippen MR) is 85.5 cm³/mol. The molecule has 0 aliphatic rings. The summed E-state index contributed by atoms with van der Waals surface area (Å²) in [4.78, 5) is 24.2. The summed E-state index contributed by atoms with van der Waals surface area (Å²) in [6.07, 6.45) is 2.90. The summed E-state index contributed by atoms with van der Waals surface area (Å²) in [5.41, 5.74) is -0.671. The summed E-state index contributed by atoms with van der Waals surface area (Å²) in [6.45, 7) is 11.2. The molecule has 5 heteroatoms. The molecule has 0 bridgehead atoms. The Morgan fingerprint density at radius 3 is 2.27 bits per heavy atom. The smallest absolute Gasteiger partial charge is 0.311 e. The molecule has 2 unspecified atom stereocenters. The summed E-state index contributed by atoms with van der Waals surface area (Å²) in [5, 5.41) is 0. The molecule has 0 aliphatic carbocycles. The summed E-state index contributed by atoms with van der Waals surface area (Å²) in [6, 6.07) is 0. The lowest BCUT2D eigenvalue weighted by molar-refractivity contribution is -0.160. The van der Waals surface area contributed by atoms with Gasteiger partial charge in [-0.2, -0.15) is 0 Å². The summed E-state index contributed by atoms with van der Waals surface area (Å²) in [7, 11) is 0. The Bertz CT molecular complexity index is 329. The Kier molecular flexibility index (Phi) is 10.9. The SMILES string of the molecule is CCCCOC(=O)C(C)CC(C)(CC)C(=O)OCCOCC. The first-order chi connectivity index (χ1) is 10.4. The molecule has 5 nitrogen and oxygen atoms in total. The van der Waals surface area contributed by atoms with Gasteiger partial charge in [0.2, 0.25) is 0 Å². The maximum Gasteiger partial charge on any atom is 0.311 e. The number of hydrogen-bond acceptors (Lipinski definition) is 5. The molecule has 0 aromatic carbocycles. The predicted octanol–water partition coefficient (Wildman–Crippen LogP) is 3.35. The highest BCUT2D eigenvalue weighted by molar-refractivity contribution is 5.78. The number of carbonyl (C=O) groups is 2. The molecule has 0 radical (unpaired) electrons. The average molecular weight is 316 g/mol. The third-order valence-electron chi connectivity index (χ3n) is 3.84. The largest absolute Gasteiger partial charge is 0.465 e. The Hall–Kier alpha value is -1.10. The monoisotopic (exact) mass is 316 g/mol. The van der Waals surface area contributed by atoms with Gasteiger partial charge in [-0.05, 0) is 33.1 Å². The summed E-state index contributed by atoms with van der Waals surface area (Å²) >= 11 is 0. The fourth-order valence-electron chi connectivity index (χ4n) is 2.10. The van der Waals surface area contributed by atoms with E-state index < -0.39 is 5.41 Å². The Morgan fingerprint density at radius 2 is 1.73 bits per heavy atom. The van der Waals surface area contributed by atoms with Crippen LogP contribution in [0.3, 0.4) is 0 Å². The van der Waals surface area contributed by atoms with E-state index in [2.05, 4.69) is 0 Å². The van der Waals surface area contributed by atoms with Gasteiger partial charge in [0, 0.05) is 6.61 Å². The number of carbonyl (C=O) groups excluding carboxylic acids is 2. The molecule has 0 saturated carbocycles. The molecular formula is C17H32O5. The van der Waals surface area contributed by atoms with E-state index in [1.54, 1.807) is 6.92 Å².